The van der Waals surface area contributed by atoms with Crippen LogP contribution in [0.25, 0.3) is 0 Å². The van der Waals surface area contributed by atoms with Crippen LogP contribution < -0.4 is 10.6 Å². The monoisotopic (exact) mass is 232 g/mol. The van der Waals surface area contributed by atoms with E-state index in [0.29, 0.717) is 0 Å². The van der Waals surface area contributed by atoms with E-state index in [2.05, 4.69) is 43.0 Å². The van der Waals surface area contributed by atoms with Crippen LogP contribution in [0.3, 0.4) is 0 Å². The summed E-state index contributed by atoms with van der Waals surface area (Å²) in [7, 11) is 0. The lowest BCUT2D eigenvalue weighted by Gasteiger charge is -2.26. The summed E-state index contributed by atoms with van der Waals surface area (Å²) < 4.78 is 0. The van der Waals surface area contributed by atoms with Crippen LogP contribution in [0.5, 0.6) is 0 Å². The van der Waals surface area contributed by atoms with Gasteiger partial charge in [-0.15, -0.1) is 0 Å². The molecule has 0 radical (unpaired) electrons. The molecular formula is C15H24N2. The van der Waals surface area contributed by atoms with Crippen LogP contribution >= 0.6 is 0 Å². The quantitative estimate of drug-likeness (QED) is 0.817. The van der Waals surface area contributed by atoms with Crippen molar-refractivity contribution in [3.8, 4) is 0 Å². The van der Waals surface area contributed by atoms with E-state index in [9.17, 15) is 0 Å². The van der Waals surface area contributed by atoms with Gasteiger partial charge in [0, 0.05) is 18.3 Å². The van der Waals surface area contributed by atoms with Crippen LogP contribution in [0.4, 0.5) is 5.69 Å². The van der Waals surface area contributed by atoms with Gasteiger partial charge < -0.3 is 10.6 Å². The molecule has 2 rings (SSSR count). The summed E-state index contributed by atoms with van der Waals surface area (Å²) in [4.78, 5) is 2.57. The van der Waals surface area contributed by atoms with E-state index in [4.69, 9.17) is 5.73 Å². The molecule has 0 aliphatic heterocycles. The number of nitrogens with two attached hydrogens (primary N) is 1. The highest BCUT2D eigenvalue weighted by Crippen LogP contribution is 2.32. The van der Waals surface area contributed by atoms with Crippen molar-refractivity contribution in [3.05, 3.63) is 29.8 Å². The Hall–Kier alpha value is -1.02. The topological polar surface area (TPSA) is 29.3 Å². The molecule has 0 atom stereocenters. The van der Waals surface area contributed by atoms with Gasteiger partial charge in [-0.05, 0) is 49.4 Å². The minimum atomic E-state index is 0.722. The highest BCUT2D eigenvalue weighted by molar-refractivity contribution is 5.49. The maximum atomic E-state index is 5.57. The second-order valence-electron chi connectivity index (χ2n) is 5.48. The van der Waals surface area contributed by atoms with Crippen LogP contribution in [0.1, 0.15) is 32.3 Å². The lowest BCUT2D eigenvalue weighted by molar-refractivity contribution is 0.607. The fourth-order valence-corrected chi connectivity index (χ4v) is 2.27. The van der Waals surface area contributed by atoms with Crippen molar-refractivity contribution in [2.24, 2.45) is 11.7 Å². The van der Waals surface area contributed by atoms with Gasteiger partial charge in [-0.1, -0.05) is 26.0 Å². The molecule has 2 N–H and O–H groups in total. The first-order valence-electron chi connectivity index (χ1n) is 6.76. The standard InChI is InChI=1S/C15H24N2/c1-12(2)11-17(15-7-8-15)14-5-3-13(4-6-14)9-10-16/h3-6,12,15H,7-11,16H2,1-2H3. The van der Waals surface area contributed by atoms with E-state index < -0.39 is 0 Å². The molecule has 1 saturated carbocycles. The number of anilines is 1. The second-order valence-corrected chi connectivity index (χ2v) is 5.48. The SMILES string of the molecule is CC(C)CN(c1ccc(CCN)cc1)C1CC1. The minimum absolute atomic E-state index is 0.722. The molecule has 2 nitrogen and oxygen atoms in total. The van der Waals surface area contributed by atoms with Gasteiger partial charge in [0.1, 0.15) is 0 Å². The lowest BCUT2D eigenvalue weighted by Crippen LogP contribution is -2.29. The van der Waals surface area contributed by atoms with Crippen LogP contribution in [0.2, 0.25) is 0 Å². The summed E-state index contributed by atoms with van der Waals surface area (Å²) in [6, 6.07) is 9.74. The molecule has 0 amide bonds. The van der Waals surface area contributed by atoms with Gasteiger partial charge >= 0.3 is 0 Å². The molecule has 1 aliphatic carbocycles. The van der Waals surface area contributed by atoms with E-state index in [1.165, 1.54) is 30.6 Å². The van der Waals surface area contributed by atoms with Crippen LogP contribution in [-0.2, 0) is 6.42 Å². The molecule has 0 unspecified atom stereocenters. The third-order valence-electron chi connectivity index (χ3n) is 3.25. The summed E-state index contributed by atoms with van der Waals surface area (Å²) in [5.74, 6) is 0.722. The molecule has 0 saturated heterocycles. The van der Waals surface area contributed by atoms with E-state index in [0.717, 1.165) is 24.9 Å². The normalized spacial score (nSPS) is 15.3. The predicted molar refractivity (Wildman–Crippen MR) is 74.4 cm³/mol. The van der Waals surface area contributed by atoms with E-state index in [1.54, 1.807) is 0 Å². The number of rotatable bonds is 6. The Labute approximate surface area is 105 Å². The first-order valence-corrected chi connectivity index (χ1v) is 6.76. The Kier molecular flexibility index (Phi) is 4.06. The largest absolute Gasteiger partial charge is 0.368 e. The van der Waals surface area contributed by atoms with Gasteiger partial charge in [-0.25, -0.2) is 0 Å². The predicted octanol–water partition coefficient (Wildman–Crippen LogP) is 2.81. The van der Waals surface area contributed by atoms with Crippen molar-refractivity contribution in [1.82, 2.24) is 0 Å². The number of benzene rings is 1. The molecule has 0 aromatic heterocycles. The molecular weight excluding hydrogens is 208 g/mol. The van der Waals surface area contributed by atoms with Gasteiger partial charge in [0.05, 0.1) is 0 Å². The Morgan fingerprint density at radius 3 is 2.35 bits per heavy atom. The molecule has 1 aromatic carbocycles. The van der Waals surface area contributed by atoms with Crippen molar-refractivity contribution in [2.45, 2.75) is 39.2 Å². The summed E-state index contributed by atoms with van der Waals surface area (Å²) in [6.07, 6.45) is 3.70. The molecule has 1 aliphatic rings. The van der Waals surface area contributed by atoms with E-state index >= 15 is 0 Å². The molecule has 0 heterocycles. The molecule has 1 aromatic rings. The highest BCUT2D eigenvalue weighted by Gasteiger charge is 2.29. The van der Waals surface area contributed by atoms with Gasteiger partial charge in [0.25, 0.3) is 0 Å². The van der Waals surface area contributed by atoms with Crippen molar-refractivity contribution in [1.29, 1.82) is 0 Å². The Morgan fingerprint density at radius 2 is 1.88 bits per heavy atom. The summed E-state index contributed by atoms with van der Waals surface area (Å²) in [6.45, 7) is 6.48. The Balaban J connectivity index is 2.07. The molecule has 2 heteroatoms. The van der Waals surface area contributed by atoms with Gasteiger partial charge in [-0.2, -0.15) is 0 Å². The van der Waals surface area contributed by atoms with Gasteiger partial charge in [0.2, 0.25) is 0 Å². The maximum Gasteiger partial charge on any atom is 0.0368 e. The zero-order valence-corrected chi connectivity index (χ0v) is 11.0. The number of hydrogen-bond acceptors (Lipinski definition) is 2. The third kappa shape index (κ3) is 3.47. The molecule has 0 bridgehead atoms. The van der Waals surface area contributed by atoms with Crippen LogP contribution in [-0.4, -0.2) is 19.1 Å². The van der Waals surface area contributed by atoms with Crippen molar-refractivity contribution >= 4 is 5.69 Å². The Morgan fingerprint density at radius 1 is 1.24 bits per heavy atom. The summed E-state index contributed by atoms with van der Waals surface area (Å²) in [5.41, 5.74) is 8.29. The average molecular weight is 232 g/mol. The van der Waals surface area contributed by atoms with Crippen LogP contribution in [0, 0.1) is 5.92 Å². The van der Waals surface area contributed by atoms with Crippen molar-refractivity contribution in [3.63, 3.8) is 0 Å². The number of nitrogens with zero attached hydrogens (tertiary/aromatic N) is 1. The average Bonchev–Trinajstić information content (AvgIpc) is 3.11. The van der Waals surface area contributed by atoms with Gasteiger partial charge in [0.15, 0.2) is 0 Å². The van der Waals surface area contributed by atoms with Gasteiger partial charge in [-0.3, -0.25) is 0 Å². The lowest BCUT2D eigenvalue weighted by atomic mass is 10.1. The van der Waals surface area contributed by atoms with E-state index in [-0.39, 0.29) is 0 Å². The third-order valence-corrected chi connectivity index (χ3v) is 3.25. The first kappa shape index (κ1) is 12.4. The molecule has 1 fully saturated rings. The summed E-state index contributed by atoms with van der Waals surface area (Å²) in [5, 5.41) is 0. The smallest absolute Gasteiger partial charge is 0.0368 e. The summed E-state index contributed by atoms with van der Waals surface area (Å²) >= 11 is 0. The first-order chi connectivity index (χ1) is 8.20. The zero-order valence-electron chi connectivity index (χ0n) is 11.0. The fraction of sp³-hybridized carbons (Fsp3) is 0.600. The Bertz CT molecular complexity index is 338. The van der Waals surface area contributed by atoms with Crippen molar-refractivity contribution in [2.75, 3.05) is 18.0 Å². The maximum absolute atomic E-state index is 5.57. The van der Waals surface area contributed by atoms with Crippen LogP contribution in [0.15, 0.2) is 24.3 Å². The second kappa shape index (κ2) is 5.54. The van der Waals surface area contributed by atoms with Crippen molar-refractivity contribution < 1.29 is 0 Å². The minimum Gasteiger partial charge on any atom is -0.368 e. The molecule has 17 heavy (non-hydrogen) atoms. The highest BCUT2D eigenvalue weighted by atomic mass is 15.2. The molecule has 0 spiro atoms. The number of hydrogen-bond donors (Lipinski definition) is 1. The fourth-order valence-electron chi connectivity index (χ4n) is 2.27. The molecule has 94 valence electrons. The zero-order chi connectivity index (χ0) is 12.3. The van der Waals surface area contributed by atoms with E-state index in [1.807, 2.05) is 0 Å².